The lowest BCUT2D eigenvalue weighted by molar-refractivity contribution is -0.148. The van der Waals surface area contributed by atoms with Crippen LogP contribution >= 0.6 is 0 Å². The maximum absolute atomic E-state index is 12.2. The smallest absolute Gasteiger partial charge is 0.310 e. The summed E-state index contributed by atoms with van der Waals surface area (Å²) in [4.78, 5) is 16.8. The average Bonchev–Trinajstić information content (AvgIpc) is 3.41. The molecule has 2 heterocycles. The Morgan fingerprint density at radius 1 is 1.16 bits per heavy atom. The van der Waals surface area contributed by atoms with Crippen molar-refractivity contribution in [2.75, 3.05) is 26.3 Å². The number of carbonyl (C=O) groups is 1. The molecular formula is C26H30N2O4. The van der Waals surface area contributed by atoms with E-state index >= 15 is 0 Å². The van der Waals surface area contributed by atoms with Crippen LogP contribution < -0.4 is 10.1 Å². The number of carbonyl (C=O) groups excluding carboxylic acids is 1. The van der Waals surface area contributed by atoms with Gasteiger partial charge in [0.05, 0.1) is 24.8 Å². The highest BCUT2D eigenvalue weighted by molar-refractivity contribution is 5.73. The van der Waals surface area contributed by atoms with E-state index in [2.05, 4.69) is 22.4 Å². The predicted molar refractivity (Wildman–Crippen MR) is 123 cm³/mol. The van der Waals surface area contributed by atoms with E-state index in [1.807, 2.05) is 56.3 Å². The molecular weight excluding hydrogens is 404 g/mol. The Morgan fingerprint density at radius 2 is 2.00 bits per heavy atom. The van der Waals surface area contributed by atoms with E-state index in [0.717, 1.165) is 41.3 Å². The minimum atomic E-state index is -0.104. The third kappa shape index (κ3) is 5.37. The molecule has 0 radical (unpaired) electrons. The summed E-state index contributed by atoms with van der Waals surface area (Å²) in [6.45, 7) is 6.22. The van der Waals surface area contributed by atoms with Gasteiger partial charge < -0.3 is 19.2 Å². The second kappa shape index (κ2) is 10.5. The van der Waals surface area contributed by atoms with Crippen LogP contribution in [0.2, 0.25) is 0 Å². The lowest BCUT2D eigenvalue weighted by atomic mass is 9.89. The molecule has 0 saturated carbocycles. The number of hydrogen-bond acceptors (Lipinski definition) is 6. The molecule has 6 nitrogen and oxygen atoms in total. The summed E-state index contributed by atoms with van der Waals surface area (Å²) in [5.74, 6) is 2.33. The molecule has 1 fully saturated rings. The molecule has 0 amide bonds. The van der Waals surface area contributed by atoms with Crippen LogP contribution in [-0.4, -0.2) is 37.3 Å². The highest BCUT2D eigenvalue weighted by atomic mass is 16.5. The molecule has 6 heteroatoms. The first-order chi connectivity index (χ1) is 15.6. The van der Waals surface area contributed by atoms with Gasteiger partial charge in [0.15, 0.2) is 0 Å². The summed E-state index contributed by atoms with van der Waals surface area (Å²) in [5.41, 5.74) is 3.04. The average molecular weight is 435 g/mol. The van der Waals surface area contributed by atoms with Gasteiger partial charge in [0.1, 0.15) is 11.5 Å². The van der Waals surface area contributed by atoms with E-state index in [9.17, 15) is 4.79 Å². The van der Waals surface area contributed by atoms with Gasteiger partial charge in [0.25, 0.3) is 0 Å². The molecule has 1 aliphatic rings. The van der Waals surface area contributed by atoms with E-state index in [1.54, 1.807) is 0 Å². The fourth-order valence-corrected chi connectivity index (χ4v) is 4.17. The number of ether oxygens (including phenoxy) is 2. The first-order valence-corrected chi connectivity index (χ1v) is 11.2. The number of benzene rings is 2. The molecule has 0 aliphatic carbocycles. The Hall–Kier alpha value is -3.12. The first-order valence-electron chi connectivity index (χ1n) is 11.2. The van der Waals surface area contributed by atoms with Crippen LogP contribution in [0.1, 0.15) is 23.9 Å². The number of nitrogens with one attached hydrogen (secondary N) is 1. The van der Waals surface area contributed by atoms with Crippen LogP contribution in [0, 0.1) is 18.8 Å². The molecule has 2 atom stereocenters. The summed E-state index contributed by atoms with van der Waals surface area (Å²) in [7, 11) is 0. The number of hydrogen-bond donors (Lipinski definition) is 1. The number of aromatic nitrogens is 1. The molecule has 1 aliphatic heterocycles. The lowest BCUT2D eigenvalue weighted by Crippen LogP contribution is -2.26. The fourth-order valence-electron chi connectivity index (χ4n) is 4.17. The third-order valence-electron chi connectivity index (χ3n) is 5.85. The minimum absolute atomic E-state index is 0.0894. The Balaban J connectivity index is 1.33. The fraction of sp³-hybridized carbons (Fsp3) is 0.385. The molecule has 3 aromatic rings. The molecule has 2 aromatic carbocycles. The van der Waals surface area contributed by atoms with Crippen molar-refractivity contribution in [1.29, 1.82) is 0 Å². The molecule has 1 N–H and O–H groups in total. The Kier molecular flexibility index (Phi) is 7.22. The van der Waals surface area contributed by atoms with Gasteiger partial charge in [-0.05, 0) is 62.6 Å². The number of esters is 1. The van der Waals surface area contributed by atoms with E-state index in [4.69, 9.17) is 13.9 Å². The quantitative estimate of drug-likeness (QED) is 0.509. The topological polar surface area (TPSA) is 73.6 Å². The summed E-state index contributed by atoms with van der Waals surface area (Å²) >= 11 is 0. The van der Waals surface area contributed by atoms with Crippen LogP contribution in [0.3, 0.4) is 0 Å². The standard InChI is InChI=1S/C26H30N2O4/c1-3-30-26(29)23-17-27-16-21(23)14-19-8-7-11-22(15-19)31-13-12-24-18(2)32-25(28-24)20-9-5-4-6-10-20/h4-11,15,21,23,27H,3,12-14,16-17H2,1-2H3/t21-,23+/m1/s1. The van der Waals surface area contributed by atoms with E-state index in [-0.39, 0.29) is 17.8 Å². The van der Waals surface area contributed by atoms with Crippen molar-refractivity contribution in [1.82, 2.24) is 10.3 Å². The van der Waals surface area contributed by atoms with Crippen molar-refractivity contribution in [3.63, 3.8) is 0 Å². The van der Waals surface area contributed by atoms with Crippen molar-refractivity contribution >= 4 is 5.97 Å². The summed E-state index contributed by atoms with van der Waals surface area (Å²) in [5, 5.41) is 3.32. The van der Waals surface area contributed by atoms with Crippen molar-refractivity contribution in [3.8, 4) is 17.2 Å². The van der Waals surface area contributed by atoms with Gasteiger partial charge in [-0.3, -0.25) is 4.79 Å². The van der Waals surface area contributed by atoms with Crippen molar-refractivity contribution in [2.24, 2.45) is 11.8 Å². The summed E-state index contributed by atoms with van der Waals surface area (Å²) in [6, 6.07) is 18.0. The minimum Gasteiger partial charge on any atom is -0.493 e. The molecule has 168 valence electrons. The first kappa shape index (κ1) is 22.1. The molecule has 1 saturated heterocycles. The monoisotopic (exact) mass is 434 g/mol. The van der Waals surface area contributed by atoms with Crippen LogP contribution in [0.15, 0.2) is 59.0 Å². The maximum atomic E-state index is 12.2. The van der Waals surface area contributed by atoms with Crippen LogP contribution in [-0.2, 0) is 22.4 Å². The van der Waals surface area contributed by atoms with Crippen LogP contribution in [0.4, 0.5) is 0 Å². The lowest BCUT2D eigenvalue weighted by Gasteiger charge is -2.17. The number of oxazole rings is 1. The molecule has 0 unspecified atom stereocenters. The van der Waals surface area contributed by atoms with Gasteiger partial charge in [-0.1, -0.05) is 30.3 Å². The zero-order valence-electron chi connectivity index (χ0n) is 18.7. The Bertz CT molecular complexity index is 1030. The largest absolute Gasteiger partial charge is 0.493 e. The van der Waals surface area contributed by atoms with Gasteiger partial charge >= 0.3 is 5.97 Å². The molecule has 1 aromatic heterocycles. The zero-order chi connectivity index (χ0) is 22.3. The van der Waals surface area contributed by atoms with E-state index in [1.165, 1.54) is 0 Å². The predicted octanol–water partition coefficient (Wildman–Crippen LogP) is 4.21. The van der Waals surface area contributed by atoms with Crippen LogP contribution in [0.25, 0.3) is 11.5 Å². The zero-order valence-corrected chi connectivity index (χ0v) is 18.7. The normalized spacial score (nSPS) is 17.9. The summed E-state index contributed by atoms with van der Waals surface area (Å²) < 4.78 is 17.1. The van der Waals surface area contributed by atoms with Gasteiger partial charge in [0.2, 0.25) is 5.89 Å². The SMILES string of the molecule is CCOC(=O)[C@H]1CNC[C@H]1Cc1cccc(OCCc2nc(-c3ccccc3)oc2C)c1. The number of rotatable bonds is 9. The van der Waals surface area contributed by atoms with Gasteiger partial charge in [-0.2, -0.15) is 0 Å². The number of aryl methyl sites for hydroxylation is 1. The van der Waals surface area contributed by atoms with Crippen molar-refractivity contribution in [3.05, 3.63) is 71.6 Å². The van der Waals surface area contributed by atoms with Crippen molar-refractivity contribution in [2.45, 2.75) is 26.7 Å². The van der Waals surface area contributed by atoms with Gasteiger partial charge in [-0.15, -0.1) is 0 Å². The third-order valence-corrected chi connectivity index (χ3v) is 5.85. The van der Waals surface area contributed by atoms with E-state index < -0.39 is 0 Å². The van der Waals surface area contributed by atoms with E-state index in [0.29, 0.717) is 32.1 Å². The molecule has 0 bridgehead atoms. The Labute approximate surface area is 189 Å². The maximum Gasteiger partial charge on any atom is 0.310 e. The highest BCUT2D eigenvalue weighted by Crippen LogP contribution is 2.25. The second-order valence-electron chi connectivity index (χ2n) is 8.11. The van der Waals surface area contributed by atoms with Gasteiger partial charge in [0, 0.05) is 18.5 Å². The molecule has 0 spiro atoms. The molecule has 32 heavy (non-hydrogen) atoms. The highest BCUT2D eigenvalue weighted by Gasteiger charge is 2.33. The Morgan fingerprint density at radius 3 is 2.81 bits per heavy atom. The number of nitrogens with zero attached hydrogens (tertiary/aromatic N) is 1. The molecule has 4 rings (SSSR count). The van der Waals surface area contributed by atoms with Crippen molar-refractivity contribution < 1.29 is 18.7 Å². The summed E-state index contributed by atoms with van der Waals surface area (Å²) in [6.07, 6.45) is 1.49. The second-order valence-corrected chi connectivity index (χ2v) is 8.11. The van der Waals surface area contributed by atoms with Crippen LogP contribution in [0.5, 0.6) is 5.75 Å². The van der Waals surface area contributed by atoms with Gasteiger partial charge in [-0.25, -0.2) is 4.98 Å².